The van der Waals surface area contributed by atoms with Crippen LogP contribution in [0.4, 0.5) is 5.69 Å². The molecule has 2 aromatic rings. The third-order valence-electron chi connectivity index (χ3n) is 2.53. The smallest absolute Gasteiger partial charge is 0.273 e. The van der Waals surface area contributed by atoms with Crippen molar-refractivity contribution in [1.82, 2.24) is 9.97 Å². The third-order valence-corrected chi connectivity index (χ3v) is 3.59. The van der Waals surface area contributed by atoms with E-state index < -0.39 is 4.92 Å². The molecule has 0 aliphatic rings. The summed E-state index contributed by atoms with van der Waals surface area (Å²) in [7, 11) is 0. The molecule has 8 heteroatoms. The average Bonchev–Trinajstić information content (AvgIpc) is 2.40. The molecule has 0 saturated heterocycles. The molecular weight excluding hydrogens is 406 g/mol. The molecule has 1 heterocycles. The number of nitro benzene ring substituents is 1. The number of rotatable bonds is 5. The maximum Gasteiger partial charge on any atom is 0.273 e. The first-order valence-electron chi connectivity index (χ1n) is 6.15. The van der Waals surface area contributed by atoms with Crippen LogP contribution in [0.2, 0.25) is 0 Å². The van der Waals surface area contributed by atoms with Gasteiger partial charge >= 0.3 is 0 Å². The Morgan fingerprint density at radius 2 is 2.05 bits per heavy atom. The molecule has 0 atom stereocenters. The molecule has 0 bridgehead atoms. The molecule has 0 aliphatic heterocycles. The minimum Gasteiger partial charge on any atom is -0.437 e. The van der Waals surface area contributed by atoms with E-state index in [9.17, 15) is 10.1 Å². The van der Waals surface area contributed by atoms with Crippen LogP contribution in [-0.4, -0.2) is 14.9 Å². The van der Waals surface area contributed by atoms with Crippen molar-refractivity contribution in [2.75, 3.05) is 0 Å². The minimum atomic E-state index is -0.474. The monoisotopic (exact) mass is 415 g/mol. The fourth-order valence-corrected chi connectivity index (χ4v) is 2.35. The Bertz CT molecular complexity index is 680. The normalized spacial score (nSPS) is 10.4. The summed E-state index contributed by atoms with van der Waals surface area (Å²) >= 11 is 6.60. The summed E-state index contributed by atoms with van der Waals surface area (Å²) in [6, 6.07) is 5.93. The molecule has 0 spiro atoms. The zero-order valence-corrected chi connectivity index (χ0v) is 14.2. The van der Waals surface area contributed by atoms with Gasteiger partial charge in [-0.05, 0) is 44.3 Å². The predicted octanol–water partition coefficient (Wildman–Crippen LogP) is 4.65. The quantitative estimate of drug-likeness (QED) is 0.402. The number of ether oxygens (including phenoxy) is 1. The number of hydrogen-bond donors (Lipinski definition) is 0. The van der Waals surface area contributed by atoms with Gasteiger partial charge in [0.05, 0.1) is 15.5 Å². The van der Waals surface area contributed by atoms with Crippen molar-refractivity contribution in [2.45, 2.75) is 19.8 Å². The first-order valence-corrected chi connectivity index (χ1v) is 7.73. The van der Waals surface area contributed by atoms with Crippen molar-refractivity contribution in [3.63, 3.8) is 0 Å². The third kappa shape index (κ3) is 4.21. The lowest BCUT2D eigenvalue weighted by Gasteiger charge is -2.08. The summed E-state index contributed by atoms with van der Waals surface area (Å²) in [5, 5.41) is 10.8. The number of nitrogens with zero attached hydrogens (tertiary/aromatic N) is 3. The topological polar surface area (TPSA) is 78.2 Å². The van der Waals surface area contributed by atoms with Gasteiger partial charge < -0.3 is 4.74 Å². The van der Waals surface area contributed by atoms with E-state index in [1.165, 1.54) is 12.1 Å². The highest BCUT2D eigenvalue weighted by Gasteiger charge is 2.13. The van der Waals surface area contributed by atoms with Gasteiger partial charge in [0.2, 0.25) is 5.88 Å². The zero-order chi connectivity index (χ0) is 15.4. The number of benzene rings is 1. The molecular formula is C13H11Br2N3O3. The van der Waals surface area contributed by atoms with Gasteiger partial charge in [-0.15, -0.1) is 0 Å². The maximum atomic E-state index is 10.8. The fraction of sp³-hybridized carbons (Fsp3) is 0.231. The number of hydrogen-bond acceptors (Lipinski definition) is 5. The van der Waals surface area contributed by atoms with Gasteiger partial charge in [0, 0.05) is 18.6 Å². The Morgan fingerprint density at radius 1 is 1.29 bits per heavy atom. The molecule has 0 unspecified atom stereocenters. The van der Waals surface area contributed by atoms with Crippen molar-refractivity contribution in [3.8, 4) is 11.6 Å². The zero-order valence-electron chi connectivity index (χ0n) is 11.0. The van der Waals surface area contributed by atoms with E-state index in [1.807, 2.05) is 6.92 Å². The number of non-ortho nitro benzene ring substituents is 1. The van der Waals surface area contributed by atoms with Gasteiger partial charge in [-0.25, -0.2) is 4.98 Å². The summed E-state index contributed by atoms with van der Waals surface area (Å²) in [5.41, 5.74) is -0.0462. The molecule has 6 nitrogen and oxygen atoms in total. The average molecular weight is 417 g/mol. The van der Waals surface area contributed by atoms with Crippen LogP contribution in [-0.2, 0) is 6.42 Å². The van der Waals surface area contributed by atoms with Gasteiger partial charge in [0.1, 0.15) is 10.4 Å². The Balaban J connectivity index is 2.33. The molecule has 0 fully saturated rings. The minimum absolute atomic E-state index is 0.0462. The summed E-state index contributed by atoms with van der Waals surface area (Å²) < 4.78 is 6.86. The largest absolute Gasteiger partial charge is 0.437 e. The van der Waals surface area contributed by atoms with Gasteiger partial charge in [-0.1, -0.05) is 6.92 Å². The number of halogens is 2. The second-order valence-electron chi connectivity index (χ2n) is 4.17. The van der Waals surface area contributed by atoms with E-state index in [0.717, 1.165) is 12.8 Å². The van der Waals surface area contributed by atoms with Gasteiger partial charge in [-0.2, -0.15) is 4.98 Å². The van der Waals surface area contributed by atoms with Crippen LogP contribution in [0.3, 0.4) is 0 Å². The van der Waals surface area contributed by atoms with Crippen LogP contribution in [0.25, 0.3) is 0 Å². The highest BCUT2D eigenvalue weighted by atomic mass is 79.9. The first-order chi connectivity index (χ1) is 9.99. The van der Waals surface area contributed by atoms with Gasteiger partial charge in [0.25, 0.3) is 5.69 Å². The molecule has 0 aliphatic carbocycles. The molecule has 1 aromatic heterocycles. The number of aromatic nitrogens is 2. The van der Waals surface area contributed by atoms with E-state index in [1.54, 1.807) is 12.1 Å². The van der Waals surface area contributed by atoms with E-state index in [2.05, 4.69) is 41.8 Å². The molecule has 0 radical (unpaired) electrons. The summed E-state index contributed by atoms with van der Waals surface area (Å²) in [5.74, 6) is 1.32. The van der Waals surface area contributed by atoms with Crippen LogP contribution in [0.5, 0.6) is 11.6 Å². The second-order valence-corrected chi connectivity index (χ2v) is 5.84. The Hall–Kier alpha value is -1.54. The van der Waals surface area contributed by atoms with Crippen LogP contribution < -0.4 is 4.74 Å². The SMILES string of the molecule is CCCc1nc(Br)cc(Oc2cc([N+](=O)[O-])ccc2Br)n1. The van der Waals surface area contributed by atoms with E-state index >= 15 is 0 Å². The standard InChI is InChI=1S/C13H11Br2N3O3/c1-2-3-12-16-11(15)7-13(17-12)21-10-6-8(18(19)20)4-5-9(10)14/h4-7H,2-3H2,1H3. The van der Waals surface area contributed by atoms with Crippen LogP contribution in [0.15, 0.2) is 33.3 Å². The summed E-state index contributed by atoms with van der Waals surface area (Å²) in [6.07, 6.45) is 1.64. The fourth-order valence-electron chi connectivity index (χ4n) is 1.63. The summed E-state index contributed by atoms with van der Waals surface area (Å²) in [4.78, 5) is 18.9. The highest BCUT2D eigenvalue weighted by molar-refractivity contribution is 9.10. The van der Waals surface area contributed by atoms with Crippen molar-refractivity contribution >= 4 is 37.5 Å². The molecule has 21 heavy (non-hydrogen) atoms. The lowest BCUT2D eigenvalue weighted by atomic mass is 10.3. The summed E-state index contributed by atoms with van der Waals surface area (Å²) in [6.45, 7) is 2.03. The Kier molecular flexibility index (Phi) is 5.24. The second kappa shape index (κ2) is 6.95. The highest BCUT2D eigenvalue weighted by Crippen LogP contribution is 2.32. The molecule has 110 valence electrons. The lowest BCUT2D eigenvalue weighted by molar-refractivity contribution is -0.384. The van der Waals surface area contributed by atoms with E-state index in [-0.39, 0.29) is 5.69 Å². The Morgan fingerprint density at radius 3 is 2.71 bits per heavy atom. The molecule has 0 saturated carbocycles. The van der Waals surface area contributed by atoms with Crippen molar-refractivity contribution in [3.05, 3.63) is 49.3 Å². The lowest BCUT2D eigenvalue weighted by Crippen LogP contribution is -1.98. The van der Waals surface area contributed by atoms with Crippen LogP contribution in [0.1, 0.15) is 19.2 Å². The van der Waals surface area contributed by atoms with Crippen molar-refractivity contribution in [1.29, 1.82) is 0 Å². The Labute approximate surface area is 138 Å². The molecule has 2 rings (SSSR count). The van der Waals surface area contributed by atoms with E-state index in [0.29, 0.717) is 26.5 Å². The van der Waals surface area contributed by atoms with Crippen molar-refractivity contribution in [2.24, 2.45) is 0 Å². The van der Waals surface area contributed by atoms with Gasteiger partial charge in [0.15, 0.2) is 5.75 Å². The number of aryl methyl sites for hydroxylation is 1. The first kappa shape index (κ1) is 15.8. The van der Waals surface area contributed by atoms with Crippen LogP contribution >= 0.6 is 31.9 Å². The maximum absolute atomic E-state index is 10.8. The van der Waals surface area contributed by atoms with Crippen LogP contribution in [0, 0.1) is 10.1 Å². The van der Waals surface area contributed by atoms with Gasteiger partial charge in [-0.3, -0.25) is 10.1 Å². The molecule has 0 amide bonds. The predicted molar refractivity (Wildman–Crippen MR) is 84.6 cm³/mol. The molecule has 0 N–H and O–H groups in total. The number of nitro groups is 1. The molecule has 1 aromatic carbocycles. The van der Waals surface area contributed by atoms with E-state index in [4.69, 9.17) is 4.74 Å². The van der Waals surface area contributed by atoms with Crippen molar-refractivity contribution < 1.29 is 9.66 Å².